The van der Waals surface area contributed by atoms with Gasteiger partial charge in [0.1, 0.15) is 34.3 Å². The maximum absolute atomic E-state index is 6.51. The topological polar surface area (TPSA) is 52.1 Å². The Morgan fingerprint density at radius 1 is 0.412 bits per heavy atom. The lowest BCUT2D eigenvalue weighted by molar-refractivity contribution is 0.666. The molecule has 0 bridgehead atoms. The van der Waals surface area contributed by atoms with Gasteiger partial charge in [0.05, 0.1) is 0 Å². The van der Waals surface area contributed by atoms with Crippen molar-refractivity contribution in [1.29, 1.82) is 0 Å². The summed E-state index contributed by atoms with van der Waals surface area (Å²) in [6.07, 6.45) is 1.64. The zero-order chi connectivity index (χ0) is 33.5. The van der Waals surface area contributed by atoms with E-state index in [1.165, 1.54) is 31.3 Å². The Bertz CT molecular complexity index is 3170. The number of aromatic nitrogens is 2. The standard InChI is InChI=1S/C46H26N2O2S/c1-3-19-39-34(13-1)36-17-7-15-32(44(36)49-39)30-21-22-40-38(25-30)43-45(50-40)42(47-26-48-43)31-12-6-10-28(24-31)27-9-5-11-29(23-27)33-16-8-18-37-35-14-2-4-20-41(35)51-46(33)37/h1-26H. The molecule has 0 saturated heterocycles. The molecule has 4 heterocycles. The van der Waals surface area contributed by atoms with Gasteiger partial charge in [-0.05, 0) is 64.2 Å². The van der Waals surface area contributed by atoms with Crippen molar-refractivity contribution in [3.05, 3.63) is 158 Å². The summed E-state index contributed by atoms with van der Waals surface area (Å²) in [7, 11) is 0. The van der Waals surface area contributed by atoms with Crippen LogP contribution >= 0.6 is 11.3 Å². The molecule has 0 N–H and O–H groups in total. The second-order valence-corrected chi connectivity index (χ2v) is 14.0. The average molecular weight is 671 g/mol. The minimum atomic E-state index is 0.675. The third-order valence-electron chi connectivity index (χ3n) is 10.0. The zero-order valence-corrected chi connectivity index (χ0v) is 27.9. The van der Waals surface area contributed by atoms with E-state index in [1.54, 1.807) is 6.33 Å². The molecule has 0 amide bonds. The van der Waals surface area contributed by atoms with Gasteiger partial charge in [0.15, 0.2) is 5.58 Å². The smallest absolute Gasteiger partial charge is 0.180 e. The maximum Gasteiger partial charge on any atom is 0.180 e. The van der Waals surface area contributed by atoms with E-state index >= 15 is 0 Å². The molecule has 0 radical (unpaired) electrons. The van der Waals surface area contributed by atoms with Crippen molar-refractivity contribution in [2.45, 2.75) is 0 Å². The number of nitrogens with zero attached hydrogens (tertiary/aromatic N) is 2. The number of thiophene rings is 1. The van der Waals surface area contributed by atoms with Crippen LogP contribution < -0.4 is 0 Å². The SMILES string of the molecule is c1cc(-c2cccc(-c3cccc4c3sc3ccccc34)c2)cc(-c2ncnc3c2oc2ccc(-c4cccc5c4oc4ccccc45)cc23)c1. The van der Waals surface area contributed by atoms with Gasteiger partial charge in [0.25, 0.3) is 0 Å². The summed E-state index contributed by atoms with van der Waals surface area (Å²) in [6, 6.07) is 53.4. The van der Waals surface area contributed by atoms with Crippen LogP contribution in [-0.2, 0) is 0 Å². The van der Waals surface area contributed by atoms with Crippen LogP contribution in [0.5, 0.6) is 0 Å². The quantitative estimate of drug-likeness (QED) is 0.187. The molecule has 4 aromatic heterocycles. The normalized spacial score (nSPS) is 11.9. The van der Waals surface area contributed by atoms with Crippen LogP contribution in [0.4, 0.5) is 0 Å². The molecule has 11 rings (SSSR count). The van der Waals surface area contributed by atoms with Crippen LogP contribution in [0.3, 0.4) is 0 Å². The third kappa shape index (κ3) is 4.38. The number of furan rings is 2. The fourth-order valence-electron chi connectivity index (χ4n) is 7.61. The molecular formula is C46H26N2O2S. The molecule has 7 aromatic carbocycles. The van der Waals surface area contributed by atoms with Gasteiger partial charge in [0.2, 0.25) is 0 Å². The predicted octanol–water partition coefficient (Wildman–Crippen LogP) is 13.3. The highest BCUT2D eigenvalue weighted by molar-refractivity contribution is 7.26. The Kier molecular flexibility index (Phi) is 6.09. The van der Waals surface area contributed by atoms with Crippen molar-refractivity contribution < 1.29 is 8.83 Å². The molecule has 238 valence electrons. The molecule has 0 fully saturated rings. The van der Waals surface area contributed by atoms with Crippen molar-refractivity contribution in [2.24, 2.45) is 0 Å². The lowest BCUT2D eigenvalue weighted by atomic mass is 9.96. The first-order chi connectivity index (χ1) is 25.3. The van der Waals surface area contributed by atoms with E-state index in [-0.39, 0.29) is 0 Å². The molecule has 0 saturated carbocycles. The predicted molar refractivity (Wildman–Crippen MR) is 211 cm³/mol. The summed E-state index contributed by atoms with van der Waals surface area (Å²) in [5.74, 6) is 0. The van der Waals surface area contributed by atoms with Crippen LogP contribution in [0.1, 0.15) is 0 Å². The van der Waals surface area contributed by atoms with Gasteiger partial charge in [0, 0.05) is 47.5 Å². The monoisotopic (exact) mass is 670 g/mol. The van der Waals surface area contributed by atoms with Crippen LogP contribution in [-0.4, -0.2) is 9.97 Å². The van der Waals surface area contributed by atoms with Crippen molar-refractivity contribution in [3.8, 4) is 44.6 Å². The van der Waals surface area contributed by atoms with Crippen molar-refractivity contribution in [2.75, 3.05) is 0 Å². The second-order valence-electron chi connectivity index (χ2n) is 12.9. The molecule has 0 aliphatic heterocycles. The molecule has 0 aliphatic rings. The minimum absolute atomic E-state index is 0.675. The highest BCUT2D eigenvalue weighted by Gasteiger charge is 2.18. The summed E-state index contributed by atoms with van der Waals surface area (Å²) < 4.78 is 15.5. The largest absolute Gasteiger partial charge is 0.455 e. The van der Waals surface area contributed by atoms with Gasteiger partial charge in [-0.2, -0.15) is 0 Å². The molecule has 0 atom stereocenters. The molecule has 0 spiro atoms. The lowest BCUT2D eigenvalue weighted by Crippen LogP contribution is -1.88. The third-order valence-corrected chi connectivity index (χ3v) is 11.2. The summed E-state index contributed by atoms with van der Waals surface area (Å²) >= 11 is 1.86. The van der Waals surface area contributed by atoms with E-state index in [0.717, 1.165) is 71.9 Å². The molecule has 11 aromatic rings. The number of para-hydroxylation sites is 2. The van der Waals surface area contributed by atoms with E-state index in [1.807, 2.05) is 35.6 Å². The van der Waals surface area contributed by atoms with Gasteiger partial charge in [-0.25, -0.2) is 9.97 Å². The molecule has 0 unspecified atom stereocenters. The Hall–Kier alpha value is -6.56. The van der Waals surface area contributed by atoms with E-state index in [2.05, 4.69) is 127 Å². The van der Waals surface area contributed by atoms with E-state index in [9.17, 15) is 0 Å². The van der Waals surface area contributed by atoms with Crippen molar-refractivity contribution in [1.82, 2.24) is 9.97 Å². The summed E-state index contributed by atoms with van der Waals surface area (Å²) in [6.45, 7) is 0. The van der Waals surface area contributed by atoms with E-state index < -0.39 is 0 Å². The van der Waals surface area contributed by atoms with Crippen LogP contribution in [0.2, 0.25) is 0 Å². The fraction of sp³-hybridized carbons (Fsp3) is 0. The highest BCUT2D eigenvalue weighted by atomic mass is 32.1. The Morgan fingerprint density at radius 3 is 1.96 bits per heavy atom. The summed E-state index contributed by atoms with van der Waals surface area (Å²) in [5, 5.41) is 5.78. The second kappa shape index (κ2) is 11.0. The molecule has 0 aliphatic carbocycles. The van der Waals surface area contributed by atoms with Crippen LogP contribution in [0.15, 0.2) is 167 Å². The van der Waals surface area contributed by atoms with Gasteiger partial charge in [-0.1, -0.05) is 115 Å². The Morgan fingerprint density at radius 2 is 1.06 bits per heavy atom. The number of benzene rings is 7. The first kappa shape index (κ1) is 28.3. The van der Waals surface area contributed by atoms with Gasteiger partial charge in [-0.15, -0.1) is 11.3 Å². The summed E-state index contributed by atoms with van der Waals surface area (Å²) in [5.41, 5.74) is 12.5. The van der Waals surface area contributed by atoms with Gasteiger partial charge < -0.3 is 8.83 Å². The Labute approximate surface area is 295 Å². The molecule has 5 heteroatoms. The molecular weight excluding hydrogens is 645 g/mol. The average Bonchev–Trinajstić information content (AvgIpc) is 3.89. The van der Waals surface area contributed by atoms with Gasteiger partial charge in [-0.3, -0.25) is 0 Å². The van der Waals surface area contributed by atoms with E-state index in [4.69, 9.17) is 18.8 Å². The van der Waals surface area contributed by atoms with Crippen molar-refractivity contribution in [3.63, 3.8) is 0 Å². The minimum Gasteiger partial charge on any atom is -0.455 e. The lowest BCUT2D eigenvalue weighted by Gasteiger charge is -2.09. The Balaban J connectivity index is 1.00. The van der Waals surface area contributed by atoms with Crippen LogP contribution in [0.25, 0.3) is 109 Å². The first-order valence-electron chi connectivity index (χ1n) is 17.0. The van der Waals surface area contributed by atoms with Gasteiger partial charge >= 0.3 is 0 Å². The van der Waals surface area contributed by atoms with Crippen molar-refractivity contribution >= 4 is 75.5 Å². The van der Waals surface area contributed by atoms with E-state index in [0.29, 0.717) is 5.58 Å². The molecule has 51 heavy (non-hydrogen) atoms. The summed E-state index contributed by atoms with van der Waals surface area (Å²) in [4.78, 5) is 9.48. The number of hydrogen-bond donors (Lipinski definition) is 0. The van der Waals surface area contributed by atoms with Crippen LogP contribution in [0, 0.1) is 0 Å². The zero-order valence-electron chi connectivity index (χ0n) is 27.1. The first-order valence-corrected chi connectivity index (χ1v) is 17.8. The number of hydrogen-bond acceptors (Lipinski definition) is 5. The highest BCUT2D eigenvalue weighted by Crippen LogP contribution is 2.42. The number of rotatable bonds is 4. The maximum atomic E-state index is 6.51. The number of fused-ring (bicyclic) bond motifs is 9. The molecule has 4 nitrogen and oxygen atoms in total. The fourth-order valence-corrected chi connectivity index (χ4v) is 8.85.